The summed E-state index contributed by atoms with van der Waals surface area (Å²) < 4.78 is 5.82. The Morgan fingerprint density at radius 3 is 2.45 bits per heavy atom. The smallest absolute Gasteiger partial charge is 0.320 e. The number of carboxylic acid groups (broad SMARTS) is 1. The average molecular weight is 308 g/mol. The minimum atomic E-state index is -0.780. The van der Waals surface area contributed by atoms with Crippen molar-refractivity contribution < 1.29 is 19.6 Å². The van der Waals surface area contributed by atoms with Gasteiger partial charge in [0, 0.05) is 25.2 Å². The number of hydrogen-bond acceptors (Lipinski definition) is 5. The molecule has 0 bridgehead atoms. The van der Waals surface area contributed by atoms with Crippen molar-refractivity contribution in [3.05, 3.63) is 34.4 Å². The molecule has 0 radical (unpaired) electrons. The highest BCUT2D eigenvalue weighted by Crippen LogP contribution is 2.23. The number of aliphatic carboxylic acids is 1. The van der Waals surface area contributed by atoms with E-state index in [0.717, 1.165) is 12.8 Å². The standard InChI is InChI=1S/C15H20N2O5/c1-2-14(15(18)19)16-9-7-13(8-10-16)22-12-5-3-11(4-6-12)17(20)21/h3-6,13-14H,2,7-10H2,1H3,(H,18,19). The van der Waals surface area contributed by atoms with Gasteiger partial charge in [0.05, 0.1) is 4.92 Å². The summed E-state index contributed by atoms with van der Waals surface area (Å²) >= 11 is 0. The van der Waals surface area contributed by atoms with Gasteiger partial charge in [0.1, 0.15) is 17.9 Å². The number of carbonyl (C=O) groups is 1. The molecule has 1 aliphatic heterocycles. The van der Waals surface area contributed by atoms with Crippen LogP contribution in [0.5, 0.6) is 5.75 Å². The molecular weight excluding hydrogens is 288 g/mol. The van der Waals surface area contributed by atoms with Crippen LogP contribution in [0.1, 0.15) is 26.2 Å². The number of rotatable bonds is 6. The summed E-state index contributed by atoms with van der Waals surface area (Å²) in [5.41, 5.74) is 0.0365. The Hall–Kier alpha value is -2.15. The van der Waals surface area contributed by atoms with E-state index in [4.69, 9.17) is 9.84 Å². The Kier molecular flexibility index (Phi) is 5.32. The van der Waals surface area contributed by atoms with Gasteiger partial charge in [-0.2, -0.15) is 0 Å². The average Bonchev–Trinajstić information content (AvgIpc) is 2.50. The van der Waals surface area contributed by atoms with Crippen molar-refractivity contribution in [2.75, 3.05) is 13.1 Å². The van der Waals surface area contributed by atoms with Crippen LogP contribution in [-0.4, -0.2) is 46.1 Å². The fourth-order valence-corrected chi connectivity index (χ4v) is 2.73. The van der Waals surface area contributed by atoms with E-state index in [-0.39, 0.29) is 11.8 Å². The highest BCUT2D eigenvalue weighted by atomic mass is 16.6. The quantitative estimate of drug-likeness (QED) is 0.640. The normalized spacial score (nSPS) is 17.9. The molecule has 22 heavy (non-hydrogen) atoms. The fourth-order valence-electron chi connectivity index (χ4n) is 2.73. The molecule has 0 spiro atoms. The summed E-state index contributed by atoms with van der Waals surface area (Å²) in [7, 11) is 0. The van der Waals surface area contributed by atoms with Gasteiger partial charge >= 0.3 is 5.97 Å². The van der Waals surface area contributed by atoms with Crippen molar-refractivity contribution in [2.45, 2.75) is 38.3 Å². The van der Waals surface area contributed by atoms with E-state index in [1.807, 2.05) is 11.8 Å². The summed E-state index contributed by atoms with van der Waals surface area (Å²) in [6.07, 6.45) is 2.11. The fraction of sp³-hybridized carbons (Fsp3) is 0.533. The first kappa shape index (κ1) is 16.2. The second kappa shape index (κ2) is 7.22. The van der Waals surface area contributed by atoms with E-state index in [9.17, 15) is 14.9 Å². The number of non-ortho nitro benzene ring substituents is 1. The van der Waals surface area contributed by atoms with Crippen molar-refractivity contribution in [3.63, 3.8) is 0 Å². The van der Waals surface area contributed by atoms with Crippen LogP contribution in [-0.2, 0) is 4.79 Å². The van der Waals surface area contributed by atoms with Crippen LogP contribution < -0.4 is 4.74 Å². The lowest BCUT2D eigenvalue weighted by Crippen LogP contribution is -2.47. The van der Waals surface area contributed by atoms with Gasteiger partial charge < -0.3 is 9.84 Å². The second-order valence-electron chi connectivity index (χ2n) is 5.37. The third-order valence-corrected chi connectivity index (χ3v) is 3.94. The summed E-state index contributed by atoms with van der Waals surface area (Å²) in [5.74, 6) is -0.174. The van der Waals surface area contributed by atoms with Crippen LogP contribution >= 0.6 is 0 Å². The predicted octanol–water partition coefficient (Wildman–Crippen LogP) is 2.30. The van der Waals surface area contributed by atoms with Gasteiger partial charge in [-0.05, 0) is 31.4 Å². The molecule has 1 aliphatic rings. The zero-order chi connectivity index (χ0) is 16.1. The molecule has 0 amide bonds. The number of hydrogen-bond donors (Lipinski definition) is 1. The molecule has 7 heteroatoms. The zero-order valence-corrected chi connectivity index (χ0v) is 12.5. The largest absolute Gasteiger partial charge is 0.490 e. The van der Waals surface area contributed by atoms with Gasteiger partial charge in [0.25, 0.3) is 5.69 Å². The number of nitrogens with zero attached hydrogens (tertiary/aromatic N) is 2. The summed E-state index contributed by atoms with van der Waals surface area (Å²) in [4.78, 5) is 23.3. The highest BCUT2D eigenvalue weighted by molar-refractivity contribution is 5.73. The summed E-state index contributed by atoms with van der Waals surface area (Å²) in [6, 6.07) is 5.59. The van der Waals surface area contributed by atoms with Crippen molar-refractivity contribution >= 4 is 11.7 Å². The SMILES string of the molecule is CCC(C(=O)O)N1CCC(Oc2ccc([N+](=O)[O-])cc2)CC1. The molecule has 0 aliphatic carbocycles. The first-order chi connectivity index (χ1) is 10.5. The Labute approximate surface area is 128 Å². The Balaban J connectivity index is 1.87. The van der Waals surface area contributed by atoms with Gasteiger partial charge in [0.2, 0.25) is 0 Å². The maximum absolute atomic E-state index is 11.2. The molecule has 1 atom stereocenters. The maximum Gasteiger partial charge on any atom is 0.320 e. The molecule has 0 aromatic heterocycles. The first-order valence-corrected chi connectivity index (χ1v) is 7.39. The van der Waals surface area contributed by atoms with Crippen LogP contribution in [0.2, 0.25) is 0 Å². The van der Waals surface area contributed by atoms with Crippen LogP contribution in [0, 0.1) is 10.1 Å². The number of carboxylic acids is 1. The number of nitro benzene ring substituents is 1. The Bertz CT molecular complexity index is 523. The minimum absolute atomic E-state index is 0.0176. The molecule has 120 valence electrons. The van der Waals surface area contributed by atoms with Crippen molar-refractivity contribution in [3.8, 4) is 5.75 Å². The van der Waals surface area contributed by atoms with Crippen LogP contribution in [0.3, 0.4) is 0 Å². The molecule has 2 rings (SSSR count). The lowest BCUT2D eigenvalue weighted by molar-refractivity contribution is -0.384. The number of likely N-dealkylation sites (tertiary alicyclic amines) is 1. The number of piperidine rings is 1. The van der Waals surface area contributed by atoms with Crippen molar-refractivity contribution in [2.24, 2.45) is 0 Å². The molecule has 1 aromatic rings. The van der Waals surface area contributed by atoms with E-state index in [2.05, 4.69) is 0 Å². The molecule has 7 nitrogen and oxygen atoms in total. The van der Waals surface area contributed by atoms with E-state index in [0.29, 0.717) is 25.3 Å². The lowest BCUT2D eigenvalue weighted by atomic mass is 10.0. The Morgan fingerprint density at radius 2 is 2.00 bits per heavy atom. The molecule has 0 saturated carbocycles. The second-order valence-corrected chi connectivity index (χ2v) is 5.37. The number of benzene rings is 1. The third kappa shape index (κ3) is 3.94. The molecule has 1 unspecified atom stereocenters. The van der Waals surface area contributed by atoms with Crippen molar-refractivity contribution in [1.29, 1.82) is 0 Å². The third-order valence-electron chi connectivity index (χ3n) is 3.94. The summed E-state index contributed by atoms with van der Waals surface area (Å²) in [5, 5.41) is 19.8. The van der Waals surface area contributed by atoms with Crippen LogP contribution in [0.4, 0.5) is 5.69 Å². The number of ether oxygens (including phenoxy) is 1. The van der Waals surface area contributed by atoms with E-state index in [1.54, 1.807) is 12.1 Å². The molecule has 1 fully saturated rings. The molecular formula is C15H20N2O5. The zero-order valence-electron chi connectivity index (χ0n) is 12.5. The maximum atomic E-state index is 11.2. The van der Waals surface area contributed by atoms with Gasteiger partial charge in [-0.25, -0.2) is 0 Å². The van der Waals surface area contributed by atoms with Crippen LogP contribution in [0.15, 0.2) is 24.3 Å². The number of nitro groups is 1. The predicted molar refractivity (Wildman–Crippen MR) is 80.0 cm³/mol. The first-order valence-electron chi connectivity index (χ1n) is 7.39. The van der Waals surface area contributed by atoms with E-state index in [1.165, 1.54) is 12.1 Å². The van der Waals surface area contributed by atoms with Crippen molar-refractivity contribution in [1.82, 2.24) is 4.90 Å². The summed E-state index contributed by atoms with van der Waals surface area (Å²) in [6.45, 7) is 3.24. The minimum Gasteiger partial charge on any atom is -0.490 e. The van der Waals surface area contributed by atoms with Gasteiger partial charge in [-0.3, -0.25) is 19.8 Å². The monoisotopic (exact) mass is 308 g/mol. The molecule has 1 aromatic carbocycles. The van der Waals surface area contributed by atoms with Gasteiger partial charge in [-0.1, -0.05) is 6.92 Å². The lowest BCUT2D eigenvalue weighted by Gasteiger charge is -2.35. The van der Waals surface area contributed by atoms with Gasteiger partial charge in [-0.15, -0.1) is 0 Å². The molecule has 1 saturated heterocycles. The van der Waals surface area contributed by atoms with E-state index >= 15 is 0 Å². The van der Waals surface area contributed by atoms with E-state index < -0.39 is 16.9 Å². The Morgan fingerprint density at radius 1 is 1.41 bits per heavy atom. The molecule has 1 N–H and O–H groups in total. The van der Waals surface area contributed by atoms with Gasteiger partial charge in [0.15, 0.2) is 0 Å². The molecule has 1 heterocycles. The van der Waals surface area contributed by atoms with Crippen LogP contribution in [0.25, 0.3) is 0 Å². The highest BCUT2D eigenvalue weighted by Gasteiger charge is 2.29. The topological polar surface area (TPSA) is 92.9 Å².